The van der Waals surface area contributed by atoms with Crippen LogP contribution in [-0.2, 0) is 11.3 Å². The minimum atomic E-state index is -0.573. The Labute approximate surface area is 124 Å². The van der Waals surface area contributed by atoms with Crippen molar-refractivity contribution in [1.82, 2.24) is 4.90 Å². The van der Waals surface area contributed by atoms with Crippen LogP contribution in [0.2, 0.25) is 0 Å². The molecule has 2 bridgehead atoms. The summed E-state index contributed by atoms with van der Waals surface area (Å²) in [6.45, 7) is 0.210. The standard InChI is InChI=1S/C16H21NO4/c18-14-8-9-15(19)13-7-6-12(14)17(13)16(20)21-10-11-4-2-1-3-5-11/h1-5,12-15,18-19H,6-10H2. The molecule has 2 N–H and O–H groups in total. The van der Waals surface area contributed by atoms with Crippen LogP contribution in [0.3, 0.4) is 0 Å². The normalized spacial score (nSPS) is 31.8. The zero-order chi connectivity index (χ0) is 14.8. The fourth-order valence-electron chi connectivity index (χ4n) is 3.41. The van der Waals surface area contributed by atoms with E-state index in [0.717, 1.165) is 18.4 Å². The third kappa shape index (κ3) is 2.89. The molecule has 2 fully saturated rings. The molecular formula is C16H21NO4. The Morgan fingerprint density at radius 1 is 1.05 bits per heavy atom. The molecule has 3 rings (SSSR count). The molecule has 2 saturated heterocycles. The molecule has 2 aliphatic heterocycles. The molecular weight excluding hydrogens is 270 g/mol. The monoisotopic (exact) mass is 291 g/mol. The molecule has 4 unspecified atom stereocenters. The van der Waals surface area contributed by atoms with Crippen LogP contribution >= 0.6 is 0 Å². The van der Waals surface area contributed by atoms with E-state index >= 15 is 0 Å². The van der Waals surface area contributed by atoms with Crippen molar-refractivity contribution in [2.75, 3.05) is 0 Å². The van der Waals surface area contributed by atoms with Crippen molar-refractivity contribution in [3.8, 4) is 0 Å². The van der Waals surface area contributed by atoms with Crippen LogP contribution in [0.15, 0.2) is 30.3 Å². The number of nitrogens with zero attached hydrogens (tertiary/aromatic N) is 1. The summed E-state index contributed by atoms with van der Waals surface area (Å²) in [5.74, 6) is 0. The van der Waals surface area contributed by atoms with Gasteiger partial charge in [-0.05, 0) is 31.2 Å². The van der Waals surface area contributed by atoms with E-state index in [1.165, 1.54) is 0 Å². The van der Waals surface area contributed by atoms with Crippen LogP contribution in [0.25, 0.3) is 0 Å². The molecule has 5 nitrogen and oxygen atoms in total. The topological polar surface area (TPSA) is 70.0 Å². The maximum Gasteiger partial charge on any atom is 0.410 e. The van der Waals surface area contributed by atoms with Crippen molar-refractivity contribution >= 4 is 6.09 Å². The average Bonchev–Trinajstić information content (AvgIpc) is 2.91. The molecule has 2 aliphatic rings. The maximum atomic E-state index is 12.4. The number of amides is 1. The van der Waals surface area contributed by atoms with Crippen molar-refractivity contribution < 1.29 is 19.7 Å². The Bertz CT molecular complexity index is 474. The first-order valence-corrected chi connectivity index (χ1v) is 7.52. The molecule has 21 heavy (non-hydrogen) atoms. The minimum Gasteiger partial charge on any atom is -0.445 e. The number of carbonyl (C=O) groups excluding carboxylic acids is 1. The summed E-state index contributed by atoms with van der Waals surface area (Å²) in [6.07, 6.45) is 0.932. The Balaban J connectivity index is 1.68. The summed E-state index contributed by atoms with van der Waals surface area (Å²) >= 11 is 0. The van der Waals surface area contributed by atoms with Gasteiger partial charge in [0.05, 0.1) is 24.3 Å². The summed E-state index contributed by atoms with van der Waals surface area (Å²) < 4.78 is 5.37. The third-order valence-corrected chi connectivity index (χ3v) is 4.54. The van der Waals surface area contributed by atoms with E-state index in [0.29, 0.717) is 12.8 Å². The summed E-state index contributed by atoms with van der Waals surface area (Å²) in [5, 5.41) is 20.3. The average molecular weight is 291 g/mol. The first kappa shape index (κ1) is 14.4. The molecule has 2 heterocycles. The Morgan fingerprint density at radius 3 is 2.19 bits per heavy atom. The number of aliphatic hydroxyl groups is 2. The summed E-state index contributed by atoms with van der Waals surface area (Å²) in [4.78, 5) is 13.9. The second-order valence-electron chi connectivity index (χ2n) is 5.87. The van der Waals surface area contributed by atoms with Gasteiger partial charge < -0.3 is 14.9 Å². The van der Waals surface area contributed by atoms with Crippen LogP contribution in [-0.4, -0.2) is 45.5 Å². The SMILES string of the molecule is O=C(OCc1ccccc1)N1C2CCC1C(O)CCC2O. The molecule has 1 aromatic rings. The number of fused-ring (bicyclic) bond motifs is 2. The molecule has 1 amide bonds. The highest BCUT2D eigenvalue weighted by molar-refractivity contribution is 5.69. The van der Waals surface area contributed by atoms with E-state index < -0.39 is 18.3 Å². The van der Waals surface area contributed by atoms with Gasteiger partial charge in [0.25, 0.3) is 0 Å². The molecule has 0 radical (unpaired) electrons. The van der Waals surface area contributed by atoms with E-state index in [2.05, 4.69) is 0 Å². The van der Waals surface area contributed by atoms with Crippen molar-refractivity contribution in [2.24, 2.45) is 0 Å². The second kappa shape index (κ2) is 6.03. The van der Waals surface area contributed by atoms with Gasteiger partial charge in [-0.15, -0.1) is 0 Å². The Hall–Kier alpha value is -1.59. The number of aliphatic hydroxyl groups excluding tert-OH is 2. The van der Waals surface area contributed by atoms with Gasteiger partial charge in [-0.25, -0.2) is 4.79 Å². The van der Waals surface area contributed by atoms with E-state index in [4.69, 9.17) is 4.74 Å². The van der Waals surface area contributed by atoms with Gasteiger partial charge in [-0.1, -0.05) is 30.3 Å². The lowest BCUT2D eigenvalue weighted by Gasteiger charge is -2.30. The van der Waals surface area contributed by atoms with Crippen LogP contribution in [0.4, 0.5) is 4.79 Å². The molecule has 0 aromatic heterocycles. The minimum absolute atomic E-state index is 0.210. The van der Waals surface area contributed by atoms with Gasteiger partial charge in [0.15, 0.2) is 0 Å². The van der Waals surface area contributed by atoms with Crippen LogP contribution in [0.1, 0.15) is 31.2 Å². The molecule has 5 heteroatoms. The van der Waals surface area contributed by atoms with Crippen molar-refractivity contribution in [3.63, 3.8) is 0 Å². The van der Waals surface area contributed by atoms with Gasteiger partial charge in [0.2, 0.25) is 0 Å². The zero-order valence-corrected chi connectivity index (χ0v) is 11.9. The quantitative estimate of drug-likeness (QED) is 0.869. The van der Waals surface area contributed by atoms with Gasteiger partial charge >= 0.3 is 6.09 Å². The first-order valence-electron chi connectivity index (χ1n) is 7.52. The highest BCUT2D eigenvalue weighted by Crippen LogP contribution is 2.35. The van der Waals surface area contributed by atoms with Crippen molar-refractivity contribution in [2.45, 2.75) is 56.6 Å². The van der Waals surface area contributed by atoms with Crippen molar-refractivity contribution in [3.05, 3.63) is 35.9 Å². The number of hydrogen-bond donors (Lipinski definition) is 2. The van der Waals surface area contributed by atoms with Gasteiger partial charge in [-0.2, -0.15) is 0 Å². The number of ether oxygens (including phenoxy) is 1. The van der Waals surface area contributed by atoms with Crippen LogP contribution in [0.5, 0.6) is 0 Å². The van der Waals surface area contributed by atoms with Gasteiger partial charge in [-0.3, -0.25) is 4.90 Å². The predicted octanol–water partition coefficient (Wildman–Crippen LogP) is 1.67. The van der Waals surface area contributed by atoms with Crippen LogP contribution < -0.4 is 0 Å². The number of carbonyl (C=O) groups is 1. The third-order valence-electron chi connectivity index (χ3n) is 4.54. The lowest BCUT2D eigenvalue weighted by atomic mass is 9.97. The molecule has 0 aliphatic carbocycles. The molecule has 1 aromatic carbocycles. The van der Waals surface area contributed by atoms with Gasteiger partial charge in [0, 0.05) is 0 Å². The molecule has 4 atom stereocenters. The largest absolute Gasteiger partial charge is 0.445 e. The fraction of sp³-hybridized carbons (Fsp3) is 0.562. The van der Waals surface area contributed by atoms with Crippen LogP contribution in [0, 0.1) is 0 Å². The summed E-state index contributed by atoms with van der Waals surface area (Å²) in [5.41, 5.74) is 0.925. The Kier molecular flexibility index (Phi) is 4.12. The molecule has 0 saturated carbocycles. The van der Waals surface area contributed by atoms with E-state index in [-0.39, 0.29) is 18.7 Å². The lowest BCUT2D eigenvalue weighted by Crippen LogP contribution is -2.47. The van der Waals surface area contributed by atoms with Gasteiger partial charge in [0.1, 0.15) is 6.61 Å². The van der Waals surface area contributed by atoms with E-state index in [9.17, 15) is 15.0 Å². The summed E-state index contributed by atoms with van der Waals surface area (Å²) in [7, 11) is 0. The smallest absolute Gasteiger partial charge is 0.410 e. The highest BCUT2D eigenvalue weighted by atomic mass is 16.6. The molecule has 114 valence electrons. The Morgan fingerprint density at radius 2 is 1.62 bits per heavy atom. The number of rotatable bonds is 2. The fourth-order valence-corrected chi connectivity index (χ4v) is 3.41. The van der Waals surface area contributed by atoms with E-state index in [1.54, 1.807) is 4.90 Å². The number of benzene rings is 1. The van der Waals surface area contributed by atoms with Crippen molar-refractivity contribution in [1.29, 1.82) is 0 Å². The first-order chi connectivity index (χ1) is 10.2. The number of hydrogen-bond acceptors (Lipinski definition) is 4. The van der Waals surface area contributed by atoms with E-state index in [1.807, 2.05) is 30.3 Å². The lowest BCUT2D eigenvalue weighted by molar-refractivity contribution is 0.0278. The predicted molar refractivity (Wildman–Crippen MR) is 76.5 cm³/mol. The maximum absolute atomic E-state index is 12.4. The molecule has 0 spiro atoms. The second-order valence-corrected chi connectivity index (χ2v) is 5.87. The summed E-state index contributed by atoms with van der Waals surface area (Å²) in [6, 6.07) is 9.04. The highest BCUT2D eigenvalue weighted by Gasteiger charge is 2.46. The zero-order valence-electron chi connectivity index (χ0n) is 11.9.